The molecule has 3 rings (SSSR count). The molecule has 7 nitrogen and oxygen atoms in total. The van der Waals surface area contributed by atoms with Crippen molar-refractivity contribution in [3.63, 3.8) is 0 Å². The molecule has 0 spiro atoms. The molecule has 0 unspecified atom stereocenters. The predicted octanol–water partition coefficient (Wildman–Crippen LogP) is 6.09. The molecule has 1 amide bonds. The normalized spacial score (nSPS) is 11.4. The number of rotatable bonds is 7. The zero-order valence-electron chi connectivity index (χ0n) is 17.4. The first-order valence-corrected chi connectivity index (χ1v) is 9.92. The van der Waals surface area contributed by atoms with Crippen molar-refractivity contribution < 1.29 is 36.2 Å². The first kappa shape index (κ1) is 25.1. The van der Waals surface area contributed by atoms with Crippen LogP contribution in [0.2, 0.25) is 5.02 Å². The van der Waals surface area contributed by atoms with Gasteiger partial charge in [0.25, 0.3) is 6.43 Å². The van der Waals surface area contributed by atoms with Gasteiger partial charge in [0.15, 0.2) is 5.82 Å². The van der Waals surface area contributed by atoms with Crippen molar-refractivity contribution in [2.45, 2.75) is 19.0 Å². The van der Waals surface area contributed by atoms with Gasteiger partial charge in [-0.15, -0.1) is 0 Å². The van der Waals surface area contributed by atoms with Gasteiger partial charge in [0.1, 0.15) is 22.8 Å². The molecule has 0 radical (unpaired) electrons. The summed E-state index contributed by atoms with van der Waals surface area (Å²) in [5, 5.41) is -0.462. The van der Waals surface area contributed by atoms with E-state index in [0.717, 1.165) is 36.0 Å². The minimum atomic E-state index is -4.50. The van der Waals surface area contributed by atoms with Gasteiger partial charge in [-0.3, -0.25) is 4.90 Å². The van der Waals surface area contributed by atoms with Gasteiger partial charge in [-0.25, -0.2) is 28.5 Å². The fourth-order valence-corrected chi connectivity index (χ4v) is 3.08. The van der Waals surface area contributed by atoms with E-state index >= 15 is 0 Å². The molecule has 0 fully saturated rings. The van der Waals surface area contributed by atoms with Crippen molar-refractivity contribution in [2.75, 3.05) is 18.6 Å². The van der Waals surface area contributed by atoms with Crippen LogP contribution in [0, 0.1) is 0 Å². The molecule has 0 aliphatic rings. The maximum atomic E-state index is 13.1. The number of hydrogen-bond acceptors (Lipinski definition) is 6. The Labute approximate surface area is 195 Å². The molecule has 0 aliphatic heterocycles. The molecule has 0 N–H and O–H groups in total. The molecule has 0 saturated carbocycles. The molecule has 2 aromatic heterocycles. The quantitative estimate of drug-likeness (QED) is 0.364. The number of methoxy groups -OCH3 is 1. The Morgan fingerprint density at radius 1 is 1.09 bits per heavy atom. The predicted molar refractivity (Wildman–Crippen MR) is 111 cm³/mol. The molecule has 34 heavy (non-hydrogen) atoms. The molecule has 0 atom stereocenters. The number of halogens is 6. The van der Waals surface area contributed by atoms with Crippen LogP contribution in [0.5, 0.6) is 11.6 Å². The van der Waals surface area contributed by atoms with E-state index in [1.165, 1.54) is 0 Å². The first-order valence-electron chi connectivity index (χ1n) is 9.54. The first-order chi connectivity index (χ1) is 16.1. The second kappa shape index (κ2) is 10.6. The number of amides is 1. The van der Waals surface area contributed by atoms with Gasteiger partial charge in [0.2, 0.25) is 5.88 Å². The van der Waals surface area contributed by atoms with Gasteiger partial charge in [0.05, 0.1) is 12.7 Å². The van der Waals surface area contributed by atoms with E-state index < -0.39 is 35.0 Å². The number of nitrogens with zero attached hydrogens (tertiary/aromatic N) is 4. The Kier molecular flexibility index (Phi) is 7.82. The maximum Gasteiger partial charge on any atom is 0.417 e. The number of anilines is 1. The standard InChI is InChI=1S/C21H16ClF5N4O3/c1-33-20(32)31(19-16(22)17(18(23)24)29-11-30-19)9-8-12-2-5-14(6-3-12)34-15-7-4-13(10-28-15)21(25,26)27/h2-7,10-11,18H,8-9H2,1H3. The van der Waals surface area contributed by atoms with E-state index in [4.69, 9.17) is 21.1 Å². The zero-order chi connectivity index (χ0) is 24.9. The highest BCUT2D eigenvalue weighted by atomic mass is 35.5. The number of pyridine rings is 1. The van der Waals surface area contributed by atoms with E-state index in [1.807, 2.05) is 0 Å². The Balaban J connectivity index is 1.69. The smallest absolute Gasteiger partial charge is 0.417 e. The third kappa shape index (κ3) is 6.07. The van der Waals surface area contributed by atoms with E-state index in [1.54, 1.807) is 24.3 Å². The minimum absolute atomic E-state index is 0.00719. The van der Waals surface area contributed by atoms with Crippen LogP contribution in [0.25, 0.3) is 0 Å². The highest BCUT2D eigenvalue weighted by Crippen LogP contribution is 2.32. The lowest BCUT2D eigenvalue weighted by Gasteiger charge is -2.21. The molecule has 180 valence electrons. The van der Waals surface area contributed by atoms with Crippen LogP contribution in [-0.4, -0.2) is 34.7 Å². The van der Waals surface area contributed by atoms with Crippen LogP contribution in [0.3, 0.4) is 0 Å². The van der Waals surface area contributed by atoms with Crippen molar-refractivity contribution in [2.24, 2.45) is 0 Å². The summed E-state index contributed by atoms with van der Waals surface area (Å²) in [6.45, 7) is -0.00719. The average molecular weight is 503 g/mol. The lowest BCUT2D eigenvalue weighted by Crippen LogP contribution is -2.34. The SMILES string of the molecule is COC(=O)N(CCc1ccc(Oc2ccc(C(F)(F)F)cn2)cc1)c1ncnc(C(F)F)c1Cl. The Morgan fingerprint density at radius 2 is 1.79 bits per heavy atom. The van der Waals surface area contributed by atoms with E-state index in [0.29, 0.717) is 11.9 Å². The number of benzene rings is 1. The molecular formula is C21H16ClF5N4O3. The molecule has 2 heterocycles. The summed E-state index contributed by atoms with van der Waals surface area (Å²) in [7, 11) is 1.12. The van der Waals surface area contributed by atoms with Crippen molar-refractivity contribution in [1.82, 2.24) is 15.0 Å². The third-order valence-corrected chi connectivity index (χ3v) is 4.85. The van der Waals surface area contributed by atoms with E-state index in [9.17, 15) is 26.7 Å². The van der Waals surface area contributed by atoms with Crippen LogP contribution in [-0.2, 0) is 17.3 Å². The van der Waals surface area contributed by atoms with Crippen molar-refractivity contribution >= 4 is 23.5 Å². The van der Waals surface area contributed by atoms with Crippen LogP contribution in [0.1, 0.15) is 23.2 Å². The number of ether oxygens (including phenoxy) is 2. The largest absolute Gasteiger partial charge is 0.452 e. The summed E-state index contributed by atoms with van der Waals surface area (Å²) in [6.07, 6.45) is -6.50. The second-order valence-corrected chi connectivity index (χ2v) is 7.08. The zero-order valence-corrected chi connectivity index (χ0v) is 18.1. The number of hydrogen-bond donors (Lipinski definition) is 0. The Hall–Kier alpha value is -3.54. The number of alkyl halides is 5. The molecule has 0 bridgehead atoms. The summed E-state index contributed by atoms with van der Waals surface area (Å²) in [4.78, 5) is 24.1. The van der Waals surface area contributed by atoms with Gasteiger partial charge in [-0.1, -0.05) is 23.7 Å². The summed E-state index contributed by atoms with van der Waals surface area (Å²) in [5.41, 5.74) is -0.880. The van der Waals surface area contributed by atoms with Crippen molar-refractivity contribution in [3.8, 4) is 11.6 Å². The third-order valence-electron chi connectivity index (χ3n) is 4.49. The van der Waals surface area contributed by atoms with Crippen LogP contribution in [0.4, 0.5) is 32.6 Å². The van der Waals surface area contributed by atoms with Crippen molar-refractivity contribution in [3.05, 3.63) is 70.8 Å². The number of aromatic nitrogens is 3. The van der Waals surface area contributed by atoms with Gasteiger partial charge in [-0.2, -0.15) is 13.2 Å². The molecule has 3 aromatic rings. The van der Waals surface area contributed by atoms with Gasteiger partial charge >= 0.3 is 12.3 Å². The van der Waals surface area contributed by atoms with Gasteiger partial charge < -0.3 is 9.47 Å². The molecule has 0 saturated heterocycles. The Bertz CT molecular complexity index is 1130. The highest BCUT2D eigenvalue weighted by Gasteiger charge is 2.30. The highest BCUT2D eigenvalue weighted by molar-refractivity contribution is 6.34. The topological polar surface area (TPSA) is 77.4 Å². The van der Waals surface area contributed by atoms with Gasteiger partial charge in [0, 0.05) is 18.8 Å². The molecule has 1 aromatic carbocycles. The minimum Gasteiger partial charge on any atom is -0.452 e. The molecule has 13 heteroatoms. The van der Waals surface area contributed by atoms with E-state index in [-0.39, 0.29) is 24.7 Å². The van der Waals surface area contributed by atoms with Gasteiger partial charge in [-0.05, 0) is 30.2 Å². The fourth-order valence-electron chi connectivity index (χ4n) is 2.80. The summed E-state index contributed by atoms with van der Waals surface area (Å²) >= 11 is 5.97. The maximum absolute atomic E-state index is 13.1. The van der Waals surface area contributed by atoms with Crippen LogP contribution >= 0.6 is 11.6 Å². The lowest BCUT2D eigenvalue weighted by atomic mass is 10.1. The van der Waals surface area contributed by atoms with Crippen molar-refractivity contribution in [1.29, 1.82) is 0 Å². The van der Waals surface area contributed by atoms with Crippen LogP contribution < -0.4 is 9.64 Å². The number of carbonyl (C=O) groups is 1. The summed E-state index contributed by atoms with van der Waals surface area (Å²) < 4.78 is 74.2. The molecular weight excluding hydrogens is 487 g/mol. The van der Waals surface area contributed by atoms with Crippen LogP contribution in [0.15, 0.2) is 48.9 Å². The lowest BCUT2D eigenvalue weighted by molar-refractivity contribution is -0.137. The average Bonchev–Trinajstić information content (AvgIpc) is 2.80. The fraction of sp³-hybridized carbons (Fsp3) is 0.238. The summed E-state index contributed by atoms with van der Waals surface area (Å²) in [5.74, 6) is 0.0826. The second-order valence-electron chi connectivity index (χ2n) is 6.70. The monoisotopic (exact) mass is 502 g/mol. The number of carbonyl (C=O) groups excluding carboxylic acids is 1. The van der Waals surface area contributed by atoms with E-state index in [2.05, 4.69) is 15.0 Å². The summed E-state index contributed by atoms with van der Waals surface area (Å²) in [6, 6.07) is 8.38. The molecule has 0 aliphatic carbocycles. The Morgan fingerprint density at radius 3 is 2.35 bits per heavy atom.